The van der Waals surface area contributed by atoms with Crippen molar-refractivity contribution in [3.05, 3.63) is 0 Å². The number of Topliss-reactive ketones (excluding diaryl/α,β-unsaturated/α-hetero) is 1. The van der Waals surface area contributed by atoms with Crippen molar-refractivity contribution in [3.8, 4) is 0 Å². The molecule has 0 unspecified atom stereocenters. The average Bonchev–Trinajstić information content (AvgIpc) is 2.39. The Morgan fingerprint density at radius 3 is 2.50 bits per heavy atom. The van der Waals surface area contributed by atoms with Crippen LogP contribution in [0.3, 0.4) is 0 Å². The molecule has 1 rings (SSSR count). The predicted octanol–water partition coefficient (Wildman–Crippen LogP) is 1.40. The number of hydrogen-bond acceptors (Lipinski definition) is 4. The van der Waals surface area contributed by atoms with Crippen LogP contribution in [0.25, 0.3) is 0 Å². The Hall–Kier alpha value is -0.450. The van der Waals surface area contributed by atoms with Crippen molar-refractivity contribution in [1.29, 1.82) is 0 Å². The van der Waals surface area contributed by atoms with Crippen LogP contribution < -0.4 is 0 Å². The number of hydrogen-bond donors (Lipinski definition) is 0. The van der Waals surface area contributed by atoms with Crippen LogP contribution in [0.15, 0.2) is 0 Å². The zero-order valence-electron chi connectivity index (χ0n) is 12.0. The highest BCUT2D eigenvalue weighted by Gasteiger charge is 2.12. The van der Waals surface area contributed by atoms with Crippen LogP contribution in [0, 0.1) is 0 Å². The normalized spacial score (nSPS) is 18.1. The fraction of sp³-hybridized carbons (Fsp3) is 0.929. The van der Waals surface area contributed by atoms with Gasteiger partial charge in [-0.25, -0.2) is 0 Å². The highest BCUT2D eigenvalue weighted by Crippen LogP contribution is 2.03. The molecule has 0 bridgehead atoms. The van der Waals surface area contributed by atoms with E-state index in [4.69, 9.17) is 4.74 Å². The zero-order chi connectivity index (χ0) is 13.2. The maximum atomic E-state index is 11.0. The van der Waals surface area contributed by atoms with E-state index >= 15 is 0 Å². The van der Waals surface area contributed by atoms with E-state index in [1.807, 2.05) is 6.92 Å². The van der Waals surface area contributed by atoms with E-state index in [1.165, 1.54) is 45.6 Å². The van der Waals surface area contributed by atoms with Crippen molar-refractivity contribution in [2.45, 2.75) is 32.6 Å². The van der Waals surface area contributed by atoms with Crippen LogP contribution in [0.5, 0.6) is 0 Å². The van der Waals surface area contributed by atoms with Crippen LogP contribution in [0.2, 0.25) is 0 Å². The number of ketones is 1. The average molecular weight is 256 g/mol. The van der Waals surface area contributed by atoms with Crippen LogP contribution in [-0.4, -0.2) is 68.6 Å². The molecule has 0 spiro atoms. The lowest BCUT2D eigenvalue weighted by Gasteiger charge is -2.32. The van der Waals surface area contributed by atoms with Crippen molar-refractivity contribution in [2.24, 2.45) is 0 Å². The minimum absolute atomic E-state index is 0.201. The van der Waals surface area contributed by atoms with Gasteiger partial charge in [0, 0.05) is 39.2 Å². The maximum absolute atomic E-state index is 11.0. The highest BCUT2D eigenvalue weighted by atomic mass is 16.5. The summed E-state index contributed by atoms with van der Waals surface area (Å²) in [6.45, 7) is 8.92. The summed E-state index contributed by atoms with van der Waals surface area (Å²) in [7, 11) is 2.19. The monoisotopic (exact) mass is 256 g/mol. The molecule has 0 amide bonds. The van der Waals surface area contributed by atoms with E-state index in [9.17, 15) is 4.79 Å². The molecule has 4 nitrogen and oxygen atoms in total. The summed E-state index contributed by atoms with van der Waals surface area (Å²) >= 11 is 0. The lowest BCUT2D eigenvalue weighted by atomic mass is 10.2. The number of carbonyl (C=O) groups is 1. The van der Waals surface area contributed by atoms with Gasteiger partial charge >= 0.3 is 0 Å². The molecule has 0 radical (unpaired) electrons. The first-order valence-electron chi connectivity index (χ1n) is 7.22. The third-order valence-corrected chi connectivity index (χ3v) is 3.52. The van der Waals surface area contributed by atoms with Gasteiger partial charge in [-0.05, 0) is 32.9 Å². The summed E-state index contributed by atoms with van der Waals surface area (Å²) in [5.74, 6) is 0.201. The Bertz CT molecular complexity index is 226. The van der Waals surface area contributed by atoms with Crippen molar-refractivity contribution < 1.29 is 9.53 Å². The van der Waals surface area contributed by atoms with Gasteiger partial charge in [0.25, 0.3) is 0 Å². The molecule has 1 saturated heterocycles. The van der Waals surface area contributed by atoms with Gasteiger partial charge in [0.1, 0.15) is 6.61 Å². The maximum Gasteiger partial charge on any atom is 0.158 e. The zero-order valence-corrected chi connectivity index (χ0v) is 12.0. The Labute approximate surface area is 111 Å². The number of likely N-dealkylation sites (N-methyl/N-ethyl adjacent to an activating group) is 1. The largest absolute Gasteiger partial charge is 0.374 e. The standard InChI is InChI=1S/C14H28N2O2/c1-3-14(17)13-18-12-6-4-5-7-16-10-8-15(2)9-11-16/h3-13H2,1-2H3. The second-order valence-corrected chi connectivity index (χ2v) is 5.15. The summed E-state index contributed by atoms with van der Waals surface area (Å²) < 4.78 is 5.32. The van der Waals surface area contributed by atoms with Gasteiger partial charge in [-0.15, -0.1) is 0 Å². The number of carbonyl (C=O) groups excluding carboxylic acids is 1. The summed E-state index contributed by atoms with van der Waals surface area (Å²) in [6.07, 6.45) is 4.11. The van der Waals surface area contributed by atoms with Crippen molar-refractivity contribution >= 4 is 5.78 Å². The molecule has 0 aromatic rings. The smallest absolute Gasteiger partial charge is 0.158 e. The molecule has 106 valence electrons. The molecule has 0 saturated carbocycles. The number of nitrogens with zero attached hydrogens (tertiary/aromatic N) is 2. The van der Waals surface area contributed by atoms with E-state index in [1.54, 1.807) is 0 Å². The van der Waals surface area contributed by atoms with Crippen LogP contribution in [-0.2, 0) is 9.53 Å². The van der Waals surface area contributed by atoms with E-state index in [0.29, 0.717) is 13.0 Å². The third kappa shape index (κ3) is 7.09. The minimum Gasteiger partial charge on any atom is -0.374 e. The molecule has 4 heteroatoms. The first kappa shape index (κ1) is 15.6. The molecule has 0 aromatic heterocycles. The van der Waals surface area contributed by atoms with E-state index in [0.717, 1.165) is 13.0 Å². The predicted molar refractivity (Wildman–Crippen MR) is 73.9 cm³/mol. The topological polar surface area (TPSA) is 32.8 Å². The fourth-order valence-corrected chi connectivity index (χ4v) is 2.08. The molecule has 0 aromatic carbocycles. The summed E-state index contributed by atoms with van der Waals surface area (Å²) in [5.41, 5.74) is 0. The van der Waals surface area contributed by atoms with Crippen LogP contribution in [0.4, 0.5) is 0 Å². The van der Waals surface area contributed by atoms with Crippen molar-refractivity contribution in [2.75, 3.05) is 53.0 Å². The summed E-state index contributed by atoms with van der Waals surface area (Å²) in [4.78, 5) is 15.9. The molecule has 0 atom stereocenters. The molecule has 1 aliphatic rings. The molecule has 0 aliphatic carbocycles. The molecule has 1 heterocycles. The van der Waals surface area contributed by atoms with E-state index in [-0.39, 0.29) is 5.78 Å². The molecular formula is C14H28N2O2. The quantitative estimate of drug-likeness (QED) is 0.584. The van der Waals surface area contributed by atoms with Gasteiger partial charge in [-0.3, -0.25) is 4.79 Å². The van der Waals surface area contributed by atoms with Gasteiger partial charge in [0.15, 0.2) is 5.78 Å². The van der Waals surface area contributed by atoms with E-state index < -0.39 is 0 Å². The van der Waals surface area contributed by atoms with Crippen molar-refractivity contribution in [3.63, 3.8) is 0 Å². The van der Waals surface area contributed by atoms with Crippen LogP contribution in [0.1, 0.15) is 32.6 Å². The molecule has 18 heavy (non-hydrogen) atoms. The molecule has 1 aliphatic heterocycles. The first-order chi connectivity index (χ1) is 8.72. The highest BCUT2D eigenvalue weighted by molar-refractivity contribution is 5.79. The first-order valence-corrected chi connectivity index (χ1v) is 7.22. The number of piperazine rings is 1. The van der Waals surface area contributed by atoms with Gasteiger partial charge in [0.2, 0.25) is 0 Å². The lowest BCUT2D eigenvalue weighted by molar-refractivity contribution is -0.123. The Kier molecular flexibility index (Phi) is 8.22. The molecule has 1 fully saturated rings. The second kappa shape index (κ2) is 9.48. The lowest BCUT2D eigenvalue weighted by Crippen LogP contribution is -2.44. The Morgan fingerprint density at radius 1 is 1.11 bits per heavy atom. The summed E-state index contributed by atoms with van der Waals surface area (Å²) in [5, 5.41) is 0. The Balaban J connectivity index is 1.85. The van der Waals surface area contributed by atoms with Crippen LogP contribution >= 0.6 is 0 Å². The molecule has 0 N–H and O–H groups in total. The van der Waals surface area contributed by atoms with Gasteiger partial charge in [-0.2, -0.15) is 0 Å². The fourth-order valence-electron chi connectivity index (χ4n) is 2.08. The van der Waals surface area contributed by atoms with Crippen molar-refractivity contribution in [1.82, 2.24) is 9.80 Å². The minimum atomic E-state index is 0.201. The Morgan fingerprint density at radius 2 is 1.83 bits per heavy atom. The second-order valence-electron chi connectivity index (χ2n) is 5.15. The van der Waals surface area contributed by atoms with E-state index in [2.05, 4.69) is 16.8 Å². The van der Waals surface area contributed by atoms with Gasteiger partial charge in [0.05, 0.1) is 0 Å². The number of ether oxygens (including phenoxy) is 1. The number of rotatable bonds is 9. The summed E-state index contributed by atoms with van der Waals surface area (Å²) in [6, 6.07) is 0. The SMILES string of the molecule is CCC(=O)COCCCCCN1CCN(C)CC1. The number of unbranched alkanes of at least 4 members (excludes halogenated alkanes) is 2. The van der Waals surface area contributed by atoms with Gasteiger partial charge < -0.3 is 14.5 Å². The third-order valence-electron chi connectivity index (χ3n) is 3.52. The molecular weight excluding hydrogens is 228 g/mol. The van der Waals surface area contributed by atoms with Gasteiger partial charge in [-0.1, -0.05) is 6.92 Å².